The van der Waals surface area contributed by atoms with Crippen LogP contribution in [0.15, 0.2) is 36.4 Å². The molecule has 0 bridgehead atoms. The van der Waals surface area contributed by atoms with Gasteiger partial charge in [0.05, 0.1) is 23.9 Å². The Bertz CT molecular complexity index is 1010. The van der Waals surface area contributed by atoms with E-state index in [1.807, 2.05) is 0 Å². The van der Waals surface area contributed by atoms with Crippen LogP contribution < -0.4 is 5.32 Å². The Balaban J connectivity index is 1.90. The lowest BCUT2D eigenvalue weighted by Crippen LogP contribution is -2.35. The van der Waals surface area contributed by atoms with Crippen molar-refractivity contribution in [3.05, 3.63) is 58.7 Å². The summed E-state index contributed by atoms with van der Waals surface area (Å²) in [4.78, 5) is 50.2. The number of imide groups is 1. The van der Waals surface area contributed by atoms with Crippen LogP contribution in [0, 0.1) is 0 Å². The van der Waals surface area contributed by atoms with Gasteiger partial charge in [-0.3, -0.25) is 19.3 Å². The van der Waals surface area contributed by atoms with E-state index in [-0.39, 0.29) is 34.0 Å². The summed E-state index contributed by atoms with van der Waals surface area (Å²) in [5, 5.41) is 12.7. The fourth-order valence-corrected chi connectivity index (χ4v) is 2.98. The summed E-state index contributed by atoms with van der Waals surface area (Å²) in [5.74, 6) is -2.64. The molecule has 28 heavy (non-hydrogen) atoms. The second-order valence-corrected chi connectivity index (χ2v) is 6.48. The molecule has 1 heterocycles. The number of carbonyl (C=O) groups is 4. The molecule has 0 unspecified atom stereocenters. The summed E-state index contributed by atoms with van der Waals surface area (Å²) in [6.45, 7) is 3.46. The first kappa shape index (κ1) is 19.1. The number of benzene rings is 2. The summed E-state index contributed by atoms with van der Waals surface area (Å²) >= 11 is 0. The van der Waals surface area contributed by atoms with Crippen molar-refractivity contribution < 1.29 is 29.0 Å². The van der Waals surface area contributed by atoms with E-state index in [1.54, 1.807) is 13.8 Å². The maximum Gasteiger partial charge on any atom is 0.341 e. The number of aromatic hydroxyl groups is 1. The SMILES string of the molecule is COC(=O)c1cccc(NC(=O)c2ccc3c(c2)C(=O)N(C(C)C)C3=O)c1O. The largest absolute Gasteiger partial charge is 0.505 e. The zero-order chi connectivity index (χ0) is 20.6. The molecular formula is C20H18N2O6. The van der Waals surface area contributed by atoms with Crippen LogP contribution in [-0.4, -0.2) is 46.8 Å². The zero-order valence-corrected chi connectivity index (χ0v) is 15.5. The monoisotopic (exact) mass is 382 g/mol. The molecule has 3 rings (SSSR count). The van der Waals surface area contributed by atoms with E-state index in [2.05, 4.69) is 10.1 Å². The number of para-hydroxylation sites is 1. The van der Waals surface area contributed by atoms with E-state index in [9.17, 15) is 24.3 Å². The third-order valence-corrected chi connectivity index (χ3v) is 4.39. The van der Waals surface area contributed by atoms with Crippen LogP contribution in [0.3, 0.4) is 0 Å². The number of methoxy groups -OCH3 is 1. The number of esters is 1. The van der Waals surface area contributed by atoms with Crippen LogP contribution in [0.25, 0.3) is 0 Å². The molecule has 144 valence electrons. The fraction of sp³-hybridized carbons (Fsp3) is 0.200. The lowest BCUT2D eigenvalue weighted by atomic mass is 10.0. The van der Waals surface area contributed by atoms with E-state index in [1.165, 1.54) is 43.5 Å². The molecule has 0 aliphatic carbocycles. The first-order valence-electron chi connectivity index (χ1n) is 8.49. The molecule has 2 N–H and O–H groups in total. The molecule has 0 aromatic heterocycles. The van der Waals surface area contributed by atoms with Gasteiger partial charge in [0, 0.05) is 11.6 Å². The van der Waals surface area contributed by atoms with Crippen LogP contribution in [0.5, 0.6) is 5.75 Å². The number of amides is 3. The number of hydrogen-bond donors (Lipinski definition) is 2. The molecule has 3 amide bonds. The van der Waals surface area contributed by atoms with Gasteiger partial charge in [0.15, 0.2) is 5.75 Å². The number of nitrogens with zero attached hydrogens (tertiary/aromatic N) is 1. The van der Waals surface area contributed by atoms with E-state index in [0.717, 1.165) is 4.90 Å². The number of hydrogen-bond acceptors (Lipinski definition) is 6. The van der Waals surface area contributed by atoms with Crippen LogP contribution in [0.2, 0.25) is 0 Å². The van der Waals surface area contributed by atoms with Crippen molar-refractivity contribution in [1.29, 1.82) is 0 Å². The topological polar surface area (TPSA) is 113 Å². The van der Waals surface area contributed by atoms with E-state index < -0.39 is 29.4 Å². The van der Waals surface area contributed by atoms with Crippen molar-refractivity contribution in [2.75, 3.05) is 12.4 Å². The molecule has 8 heteroatoms. The molecule has 2 aromatic rings. The highest BCUT2D eigenvalue weighted by Gasteiger charge is 2.37. The number of fused-ring (bicyclic) bond motifs is 1. The number of anilines is 1. The van der Waals surface area contributed by atoms with Gasteiger partial charge < -0.3 is 15.2 Å². The van der Waals surface area contributed by atoms with Crippen LogP contribution in [-0.2, 0) is 4.74 Å². The first-order chi connectivity index (χ1) is 13.3. The van der Waals surface area contributed by atoms with E-state index in [0.29, 0.717) is 0 Å². The van der Waals surface area contributed by atoms with Crippen molar-refractivity contribution >= 4 is 29.4 Å². The molecule has 1 aliphatic rings. The summed E-state index contributed by atoms with van der Waals surface area (Å²) in [6, 6.07) is 8.14. The molecule has 2 aromatic carbocycles. The van der Waals surface area contributed by atoms with Gasteiger partial charge in [-0.25, -0.2) is 4.79 Å². The second kappa shape index (κ2) is 7.15. The van der Waals surface area contributed by atoms with Gasteiger partial charge in [0.25, 0.3) is 17.7 Å². The van der Waals surface area contributed by atoms with Gasteiger partial charge in [0.2, 0.25) is 0 Å². The Labute approximate surface area is 160 Å². The van der Waals surface area contributed by atoms with E-state index >= 15 is 0 Å². The van der Waals surface area contributed by atoms with Crippen LogP contribution in [0.1, 0.15) is 55.3 Å². The smallest absolute Gasteiger partial charge is 0.341 e. The third kappa shape index (κ3) is 3.09. The van der Waals surface area contributed by atoms with Crippen molar-refractivity contribution in [2.24, 2.45) is 0 Å². The third-order valence-electron chi connectivity index (χ3n) is 4.39. The molecule has 0 saturated carbocycles. The molecule has 8 nitrogen and oxygen atoms in total. The summed E-state index contributed by atoms with van der Waals surface area (Å²) < 4.78 is 4.58. The normalized spacial score (nSPS) is 12.9. The molecule has 1 aliphatic heterocycles. The summed E-state index contributed by atoms with van der Waals surface area (Å²) in [7, 11) is 1.18. The molecule has 0 spiro atoms. The number of ether oxygens (including phenoxy) is 1. The predicted molar refractivity (Wildman–Crippen MR) is 99.5 cm³/mol. The van der Waals surface area contributed by atoms with Crippen molar-refractivity contribution in [1.82, 2.24) is 4.90 Å². The van der Waals surface area contributed by atoms with Gasteiger partial charge in [-0.2, -0.15) is 0 Å². The van der Waals surface area contributed by atoms with Gasteiger partial charge in [-0.1, -0.05) is 6.07 Å². The van der Waals surface area contributed by atoms with Crippen LogP contribution in [0.4, 0.5) is 5.69 Å². The average Bonchev–Trinajstić information content (AvgIpc) is 2.93. The predicted octanol–water partition coefficient (Wildman–Crippen LogP) is 2.44. The molecule has 0 saturated heterocycles. The summed E-state index contributed by atoms with van der Waals surface area (Å²) in [5.41, 5.74) is 0.445. The lowest BCUT2D eigenvalue weighted by Gasteiger charge is -2.17. The minimum atomic E-state index is -0.746. The Morgan fingerprint density at radius 3 is 2.39 bits per heavy atom. The second-order valence-electron chi connectivity index (χ2n) is 6.48. The number of phenolic OH excluding ortho intramolecular Hbond substituents is 1. The van der Waals surface area contributed by atoms with E-state index in [4.69, 9.17) is 0 Å². The van der Waals surface area contributed by atoms with Crippen molar-refractivity contribution in [2.45, 2.75) is 19.9 Å². The molecule has 0 atom stereocenters. The number of nitrogens with one attached hydrogen (secondary N) is 1. The van der Waals surface area contributed by atoms with Gasteiger partial charge in [-0.15, -0.1) is 0 Å². The number of carbonyl (C=O) groups excluding carboxylic acids is 4. The Morgan fingerprint density at radius 1 is 1.07 bits per heavy atom. The minimum Gasteiger partial charge on any atom is -0.505 e. The Kier molecular flexibility index (Phi) is 4.87. The number of phenols is 1. The first-order valence-corrected chi connectivity index (χ1v) is 8.49. The quantitative estimate of drug-likeness (QED) is 0.477. The highest BCUT2D eigenvalue weighted by molar-refractivity contribution is 6.22. The molecular weight excluding hydrogens is 364 g/mol. The number of rotatable bonds is 4. The maximum atomic E-state index is 12.6. The average molecular weight is 382 g/mol. The molecule has 0 radical (unpaired) electrons. The minimum absolute atomic E-state index is 0.0135. The van der Waals surface area contributed by atoms with Crippen molar-refractivity contribution in [3.63, 3.8) is 0 Å². The highest BCUT2D eigenvalue weighted by atomic mass is 16.5. The van der Waals surface area contributed by atoms with Crippen molar-refractivity contribution in [3.8, 4) is 5.75 Å². The lowest BCUT2D eigenvalue weighted by molar-refractivity contribution is 0.0589. The van der Waals surface area contributed by atoms with Gasteiger partial charge in [0.1, 0.15) is 5.56 Å². The zero-order valence-electron chi connectivity index (χ0n) is 15.5. The Morgan fingerprint density at radius 2 is 1.75 bits per heavy atom. The summed E-state index contributed by atoms with van der Waals surface area (Å²) in [6.07, 6.45) is 0. The maximum absolute atomic E-state index is 12.6. The standard InChI is InChI=1S/C20H18N2O6/c1-10(2)22-18(25)12-8-7-11(9-14(12)19(22)26)17(24)21-15-6-4-5-13(16(15)23)20(27)28-3/h4-10,23H,1-3H3,(H,21,24). The van der Waals surface area contributed by atoms with Crippen LogP contribution >= 0.6 is 0 Å². The Hall–Kier alpha value is -3.68. The fourth-order valence-electron chi connectivity index (χ4n) is 2.98. The van der Waals surface area contributed by atoms with Gasteiger partial charge >= 0.3 is 5.97 Å². The molecule has 0 fully saturated rings. The highest BCUT2D eigenvalue weighted by Crippen LogP contribution is 2.29. The van der Waals surface area contributed by atoms with Gasteiger partial charge in [-0.05, 0) is 44.2 Å².